The number of halogens is 1. The molecule has 1 N–H and O–H groups in total. The molecule has 1 aromatic carbocycles. The van der Waals surface area contributed by atoms with Gasteiger partial charge in [-0.15, -0.1) is 0 Å². The summed E-state index contributed by atoms with van der Waals surface area (Å²) in [6.45, 7) is -0.119. The fraction of sp³-hybridized carbons (Fsp3) is 0.250. The molecule has 0 saturated heterocycles. The van der Waals surface area contributed by atoms with Crippen molar-refractivity contribution < 1.29 is 13.7 Å². The molecular weight excluding hydrogens is 315 g/mol. The Bertz CT molecular complexity index is 973. The fourth-order valence-electron chi connectivity index (χ4n) is 2.45. The number of aromatic nitrogens is 3. The van der Waals surface area contributed by atoms with Crippen LogP contribution in [0.4, 0.5) is 4.39 Å². The number of hydrogen-bond acceptors (Lipinski definition) is 5. The maximum Gasteiger partial charge on any atom is 0.267 e. The van der Waals surface area contributed by atoms with Crippen molar-refractivity contribution in [3.05, 3.63) is 46.8 Å². The lowest BCUT2D eigenvalue weighted by Crippen LogP contribution is -2.33. The SMILES string of the molecule is O=C(Cn1cnc2onc(-c3ccc(F)cc3)c2c1=O)NC1CC1. The smallest absolute Gasteiger partial charge is 0.267 e. The zero-order chi connectivity index (χ0) is 16.7. The highest BCUT2D eigenvalue weighted by Gasteiger charge is 2.24. The molecule has 1 aliphatic carbocycles. The normalized spacial score (nSPS) is 14.0. The van der Waals surface area contributed by atoms with Crippen LogP contribution in [-0.4, -0.2) is 26.7 Å². The summed E-state index contributed by atoms with van der Waals surface area (Å²) >= 11 is 0. The Morgan fingerprint density at radius 1 is 1.33 bits per heavy atom. The Kier molecular flexibility index (Phi) is 3.37. The summed E-state index contributed by atoms with van der Waals surface area (Å²) in [5.74, 6) is -0.626. The molecule has 8 heteroatoms. The number of nitrogens with zero attached hydrogens (tertiary/aromatic N) is 3. The van der Waals surface area contributed by atoms with Crippen LogP contribution >= 0.6 is 0 Å². The van der Waals surface area contributed by atoms with Crippen LogP contribution < -0.4 is 10.9 Å². The van der Waals surface area contributed by atoms with Crippen molar-refractivity contribution in [2.45, 2.75) is 25.4 Å². The lowest BCUT2D eigenvalue weighted by atomic mass is 10.1. The van der Waals surface area contributed by atoms with E-state index in [1.165, 1.54) is 35.2 Å². The third-order valence-corrected chi connectivity index (χ3v) is 3.84. The van der Waals surface area contributed by atoms with Crippen LogP contribution in [0, 0.1) is 5.82 Å². The third-order valence-electron chi connectivity index (χ3n) is 3.84. The van der Waals surface area contributed by atoms with Crippen molar-refractivity contribution >= 4 is 17.0 Å². The molecule has 2 heterocycles. The molecular formula is C16H13FN4O3. The molecule has 1 fully saturated rings. The van der Waals surface area contributed by atoms with Crippen molar-refractivity contribution in [1.82, 2.24) is 20.0 Å². The number of rotatable bonds is 4. The second kappa shape index (κ2) is 5.55. The van der Waals surface area contributed by atoms with Gasteiger partial charge in [-0.05, 0) is 37.1 Å². The molecule has 2 aromatic heterocycles. The first-order valence-electron chi connectivity index (χ1n) is 7.52. The maximum absolute atomic E-state index is 13.1. The van der Waals surface area contributed by atoms with Crippen LogP contribution in [0.5, 0.6) is 0 Å². The van der Waals surface area contributed by atoms with Crippen LogP contribution in [0.15, 0.2) is 39.9 Å². The van der Waals surface area contributed by atoms with Gasteiger partial charge < -0.3 is 9.84 Å². The Hall–Kier alpha value is -3.03. The Morgan fingerprint density at radius 2 is 2.08 bits per heavy atom. The molecule has 3 aromatic rings. The van der Waals surface area contributed by atoms with E-state index in [0.29, 0.717) is 5.56 Å². The van der Waals surface area contributed by atoms with Gasteiger partial charge in [-0.2, -0.15) is 0 Å². The Balaban J connectivity index is 1.74. The summed E-state index contributed by atoms with van der Waals surface area (Å²) in [5.41, 5.74) is 0.471. The fourth-order valence-corrected chi connectivity index (χ4v) is 2.45. The van der Waals surface area contributed by atoms with E-state index in [0.717, 1.165) is 12.8 Å². The number of fused-ring (bicyclic) bond motifs is 1. The van der Waals surface area contributed by atoms with Crippen LogP contribution in [0.1, 0.15) is 12.8 Å². The van der Waals surface area contributed by atoms with Crippen LogP contribution in [0.3, 0.4) is 0 Å². The van der Waals surface area contributed by atoms with Crippen LogP contribution in [0.2, 0.25) is 0 Å². The minimum atomic E-state index is -0.425. The number of carbonyl (C=O) groups excluding carboxylic acids is 1. The summed E-state index contributed by atoms with van der Waals surface area (Å²) in [7, 11) is 0. The van der Waals surface area contributed by atoms with E-state index in [-0.39, 0.29) is 41.1 Å². The molecule has 1 amide bonds. The summed E-state index contributed by atoms with van der Waals surface area (Å²) in [6, 6.07) is 5.77. The zero-order valence-electron chi connectivity index (χ0n) is 12.5. The molecule has 122 valence electrons. The van der Waals surface area contributed by atoms with Gasteiger partial charge in [0.1, 0.15) is 29.8 Å². The first-order chi connectivity index (χ1) is 11.6. The predicted molar refractivity (Wildman–Crippen MR) is 82.6 cm³/mol. The van der Waals surface area contributed by atoms with Gasteiger partial charge in [0, 0.05) is 11.6 Å². The van der Waals surface area contributed by atoms with Crippen molar-refractivity contribution in [3.63, 3.8) is 0 Å². The molecule has 0 bridgehead atoms. The highest BCUT2D eigenvalue weighted by Crippen LogP contribution is 2.24. The van der Waals surface area contributed by atoms with Gasteiger partial charge in [0.2, 0.25) is 5.91 Å². The minimum absolute atomic E-state index is 0.0816. The first kappa shape index (κ1) is 14.6. The van der Waals surface area contributed by atoms with Crippen molar-refractivity contribution in [2.75, 3.05) is 0 Å². The van der Waals surface area contributed by atoms with E-state index in [1.54, 1.807) is 0 Å². The topological polar surface area (TPSA) is 90.0 Å². The van der Waals surface area contributed by atoms with Gasteiger partial charge in [-0.25, -0.2) is 9.37 Å². The highest BCUT2D eigenvalue weighted by atomic mass is 19.1. The largest absolute Gasteiger partial charge is 0.352 e. The van der Waals surface area contributed by atoms with Crippen LogP contribution in [0.25, 0.3) is 22.4 Å². The van der Waals surface area contributed by atoms with E-state index in [1.807, 2.05) is 0 Å². The van der Waals surface area contributed by atoms with E-state index in [2.05, 4.69) is 15.5 Å². The molecule has 0 unspecified atom stereocenters. The Labute approximate surface area is 135 Å². The third kappa shape index (κ3) is 2.66. The predicted octanol–water partition coefficient (Wildman–Crippen LogP) is 1.47. The van der Waals surface area contributed by atoms with Gasteiger partial charge in [-0.1, -0.05) is 5.16 Å². The van der Waals surface area contributed by atoms with Gasteiger partial charge in [0.15, 0.2) is 0 Å². The summed E-state index contributed by atoms with van der Waals surface area (Å²) in [4.78, 5) is 28.6. The van der Waals surface area contributed by atoms with E-state index in [9.17, 15) is 14.0 Å². The lowest BCUT2D eigenvalue weighted by Gasteiger charge is -2.05. The van der Waals surface area contributed by atoms with Gasteiger partial charge >= 0.3 is 0 Å². The molecule has 7 nitrogen and oxygen atoms in total. The Morgan fingerprint density at radius 3 is 2.79 bits per heavy atom. The average molecular weight is 328 g/mol. The number of hydrogen-bond donors (Lipinski definition) is 1. The number of nitrogens with one attached hydrogen (secondary N) is 1. The quantitative estimate of drug-likeness (QED) is 0.783. The molecule has 1 aliphatic rings. The van der Waals surface area contributed by atoms with Crippen molar-refractivity contribution in [2.24, 2.45) is 0 Å². The standard InChI is InChI=1S/C16H13FN4O3/c17-10-3-1-9(2-4-10)14-13-15(24-20-14)18-8-21(16(13)23)7-12(22)19-11-5-6-11/h1-4,8,11H,5-7H2,(H,19,22). The molecule has 0 radical (unpaired) electrons. The van der Waals surface area contributed by atoms with Crippen molar-refractivity contribution in [1.29, 1.82) is 0 Å². The monoisotopic (exact) mass is 328 g/mol. The molecule has 24 heavy (non-hydrogen) atoms. The zero-order valence-corrected chi connectivity index (χ0v) is 12.5. The lowest BCUT2D eigenvalue weighted by molar-refractivity contribution is -0.121. The summed E-state index contributed by atoms with van der Waals surface area (Å²) in [6.07, 6.45) is 3.20. The maximum atomic E-state index is 13.1. The van der Waals surface area contributed by atoms with Gasteiger partial charge in [0.25, 0.3) is 11.3 Å². The number of carbonyl (C=O) groups is 1. The molecule has 4 rings (SSSR count). The van der Waals surface area contributed by atoms with E-state index < -0.39 is 5.56 Å². The molecule has 1 saturated carbocycles. The van der Waals surface area contributed by atoms with Crippen molar-refractivity contribution in [3.8, 4) is 11.3 Å². The number of benzene rings is 1. The molecule has 0 atom stereocenters. The second-order valence-electron chi connectivity index (χ2n) is 5.74. The number of amides is 1. The summed E-state index contributed by atoms with van der Waals surface area (Å²) < 4.78 is 19.4. The van der Waals surface area contributed by atoms with Gasteiger partial charge in [-0.3, -0.25) is 14.2 Å². The first-order valence-corrected chi connectivity index (χ1v) is 7.52. The van der Waals surface area contributed by atoms with Crippen LogP contribution in [-0.2, 0) is 11.3 Å². The average Bonchev–Trinajstić information content (AvgIpc) is 3.26. The second-order valence-corrected chi connectivity index (χ2v) is 5.74. The molecule has 0 spiro atoms. The highest BCUT2D eigenvalue weighted by molar-refractivity contribution is 5.88. The van der Waals surface area contributed by atoms with E-state index in [4.69, 9.17) is 4.52 Å². The molecule has 0 aliphatic heterocycles. The van der Waals surface area contributed by atoms with E-state index >= 15 is 0 Å². The van der Waals surface area contributed by atoms with Gasteiger partial charge in [0.05, 0.1) is 0 Å². The summed E-state index contributed by atoms with van der Waals surface area (Å²) in [5, 5.41) is 6.85. The minimum Gasteiger partial charge on any atom is -0.352 e.